The minimum atomic E-state index is -0.415. The van der Waals surface area contributed by atoms with Gasteiger partial charge >= 0.3 is 0 Å². The normalized spacial score (nSPS) is 13.3. The molecule has 2 amide bonds. The lowest BCUT2D eigenvalue weighted by atomic mass is 9.90. The lowest BCUT2D eigenvalue weighted by Crippen LogP contribution is -2.46. The summed E-state index contributed by atoms with van der Waals surface area (Å²) in [6, 6.07) is 24.0. The van der Waals surface area contributed by atoms with Crippen LogP contribution < -0.4 is 0 Å². The van der Waals surface area contributed by atoms with Crippen LogP contribution in [0.3, 0.4) is 0 Å². The zero-order valence-corrected chi connectivity index (χ0v) is 20.4. The molecule has 0 atom stereocenters. The van der Waals surface area contributed by atoms with E-state index < -0.39 is 5.92 Å². The third-order valence-electron chi connectivity index (χ3n) is 6.43. The second kappa shape index (κ2) is 10.7. The van der Waals surface area contributed by atoms with Gasteiger partial charge in [-0.2, -0.15) is 0 Å². The lowest BCUT2D eigenvalue weighted by molar-refractivity contribution is -0.142. The highest BCUT2D eigenvalue weighted by Crippen LogP contribution is 2.33. The number of hydrogen-bond acceptors (Lipinski definition) is 2. The van der Waals surface area contributed by atoms with Gasteiger partial charge in [0.15, 0.2) is 0 Å². The van der Waals surface area contributed by atoms with Crippen molar-refractivity contribution < 1.29 is 9.59 Å². The molecule has 0 radical (unpaired) electrons. The second-order valence-corrected chi connectivity index (χ2v) is 9.73. The van der Waals surface area contributed by atoms with Gasteiger partial charge in [-0.15, -0.1) is 0 Å². The minimum Gasteiger partial charge on any atom is -0.353 e. The topological polar surface area (TPSA) is 45.6 Å². The number of carbonyl (C=O) groups is 2. The van der Waals surface area contributed by atoms with Crippen LogP contribution in [0.4, 0.5) is 0 Å². The van der Waals surface area contributed by atoms with Crippen molar-refractivity contribution in [1.82, 2.24) is 14.4 Å². The van der Waals surface area contributed by atoms with E-state index in [1.165, 1.54) is 0 Å². The zero-order valence-electron chi connectivity index (χ0n) is 20.4. The molecule has 0 saturated heterocycles. The number of aromatic nitrogens is 1. The number of aryl methyl sites for hydroxylation is 1. The minimum absolute atomic E-state index is 0.00928. The molecule has 5 nitrogen and oxygen atoms in total. The molecule has 1 heterocycles. The summed E-state index contributed by atoms with van der Waals surface area (Å²) in [7, 11) is 2.00. The fourth-order valence-electron chi connectivity index (χ4n) is 4.50. The Bertz CT molecular complexity index is 1050. The molecule has 0 unspecified atom stereocenters. The molecule has 0 N–H and O–H groups in total. The third-order valence-corrected chi connectivity index (χ3v) is 6.43. The average molecular weight is 458 g/mol. The van der Waals surface area contributed by atoms with E-state index >= 15 is 0 Å². The van der Waals surface area contributed by atoms with Gasteiger partial charge in [-0.1, -0.05) is 74.5 Å². The van der Waals surface area contributed by atoms with Crippen molar-refractivity contribution in [3.05, 3.63) is 95.8 Å². The summed E-state index contributed by atoms with van der Waals surface area (Å²) < 4.78 is 2.05. The van der Waals surface area contributed by atoms with Gasteiger partial charge in [-0.25, -0.2) is 0 Å². The Morgan fingerprint density at radius 1 is 0.912 bits per heavy atom. The Balaban J connectivity index is 1.59. The van der Waals surface area contributed by atoms with Crippen LogP contribution >= 0.6 is 0 Å². The van der Waals surface area contributed by atoms with E-state index in [0.717, 1.165) is 29.7 Å². The van der Waals surface area contributed by atoms with Gasteiger partial charge in [-0.3, -0.25) is 9.59 Å². The molecule has 1 fully saturated rings. The molecular weight excluding hydrogens is 422 g/mol. The Hall–Kier alpha value is -3.34. The predicted octanol–water partition coefficient (Wildman–Crippen LogP) is 4.83. The Kier molecular flexibility index (Phi) is 7.51. The maximum absolute atomic E-state index is 14.0. The number of amides is 2. The molecule has 0 spiro atoms. The predicted molar refractivity (Wildman–Crippen MR) is 135 cm³/mol. The number of benzene rings is 2. The Morgan fingerprint density at radius 3 is 1.97 bits per heavy atom. The SMILES string of the molecule is CC(C)CN(Cc1cccn1C)C(=O)CN(C(=O)C(c1ccccc1)c1ccccc1)C1CC1. The van der Waals surface area contributed by atoms with E-state index in [2.05, 4.69) is 13.8 Å². The van der Waals surface area contributed by atoms with Crippen molar-refractivity contribution in [1.29, 1.82) is 0 Å². The van der Waals surface area contributed by atoms with Crippen molar-refractivity contribution in [3.63, 3.8) is 0 Å². The van der Waals surface area contributed by atoms with Crippen LogP contribution in [0.2, 0.25) is 0 Å². The summed E-state index contributed by atoms with van der Waals surface area (Å²) >= 11 is 0. The highest BCUT2D eigenvalue weighted by molar-refractivity contribution is 5.91. The molecule has 0 bridgehead atoms. The third kappa shape index (κ3) is 5.77. The Labute approximate surface area is 203 Å². The number of carbonyl (C=O) groups excluding carboxylic acids is 2. The molecule has 1 aliphatic rings. The van der Waals surface area contributed by atoms with E-state index in [1.807, 2.05) is 100 Å². The van der Waals surface area contributed by atoms with Crippen LogP contribution in [-0.4, -0.2) is 45.3 Å². The van der Waals surface area contributed by atoms with Crippen LogP contribution in [0.1, 0.15) is 49.4 Å². The smallest absolute Gasteiger partial charge is 0.242 e. The lowest BCUT2D eigenvalue weighted by Gasteiger charge is -2.31. The largest absolute Gasteiger partial charge is 0.353 e. The van der Waals surface area contributed by atoms with Gasteiger partial charge < -0.3 is 14.4 Å². The average Bonchev–Trinajstić information content (AvgIpc) is 3.60. The molecule has 4 rings (SSSR count). The van der Waals surface area contributed by atoms with Crippen LogP contribution in [0.15, 0.2) is 79.0 Å². The molecule has 0 aliphatic heterocycles. The van der Waals surface area contributed by atoms with E-state index in [1.54, 1.807) is 0 Å². The summed E-state index contributed by atoms with van der Waals surface area (Å²) in [4.78, 5) is 31.4. The van der Waals surface area contributed by atoms with E-state index in [9.17, 15) is 9.59 Å². The summed E-state index contributed by atoms with van der Waals surface area (Å²) in [5.74, 6) is -0.0514. The fourth-order valence-corrected chi connectivity index (χ4v) is 4.50. The molecule has 3 aromatic rings. The van der Waals surface area contributed by atoms with Crippen LogP contribution in [0.25, 0.3) is 0 Å². The number of nitrogens with zero attached hydrogens (tertiary/aromatic N) is 3. The quantitative estimate of drug-likeness (QED) is 0.438. The van der Waals surface area contributed by atoms with Gasteiger partial charge in [0.05, 0.1) is 12.5 Å². The summed E-state index contributed by atoms with van der Waals surface area (Å²) in [6.07, 6.45) is 3.91. The molecule has 2 aromatic carbocycles. The van der Waals surface area contributed by atoms with Gasteiger partial charge in [0.25, 0.3) is 0 Å². The standard InChI is InChI=1S/C29H35N3O2/c1-22(2)19-31(20-26-15-10-18-30(26)3)27(33)21-32(25-16-17-25)29(34)28(23-11-6-4-7-12-23)24-13-8-5-9-14-24/h4-15,18,22,25,28H,16-17,19-21H2,1-3H3. The molecule has 1 aliphatic carbocycles. The van der Waals surface area contributed by atoms with Gasteiger partial charge in [0.2, 0.25) is 11.8 Å². The van der Waals surface area contributed by atoms with Crippen LogP contribution in [0.5, 0.6) is 0 Å². The van der Waals surface area contributed by atoms with E-state index in [0.29, 0.717) is 19.0 Å². The van der Waals surface area contributed by atoms with Gasteiger partial charge in [0.1, 0.15) is 6.54 Å². The first-order valence-corrected chi connectivity index (χ1v) is 12.2. The van der Waals surface area contributed by atoms with E-state index in [4.69, 9.17) is 0 Å². The van der Waals surface area contributed by atoms with Crippen molar-refractivity contribution in [3.8, 4) is 0 Å². The molecule has 178 valence electrons. The maximum atomic E-state index is 14.0. The summed E-state index contributed by atoms with van der Waals surface area (Å²) in [6.45, 7) is 5.58. The number of hydrogen-bond donors (Lipinski definition) is 0. The van der Waals surface area contributed by atoms with E-state index in [-0.39, 0.29) is 24.4 Å². The first kappa shape index (κ1) is 23.8. The van der Waals surface area contributed by atoms with Gasteiger partial charge in [-0.05, 0) is 42.0 Å². The van der Waals surface area contributed by atoms with Crippen LogP contribution in [-0.2, 0) is 23.2 Å². The van der Waals surface area contributed by atoms with Crippen molar-refractivity contribution in [2.75, 3.05) is 13.1 Å². The maximum Gasteiger partial charge on any atom is 0.242 e. The molecule has 5 heteroatoms. The first-order valence-electron chi connectivity index (χ1n) is 12.2. The fraction of sp³-hybridized carbons (Fsp3) is 0.379. The monoisotopic (exact) mass is 457 g/mol. The summed E-state index contributed by atoms with van der Waals surface area (Å²) in [5, 5.41) is 0. The van der Waals surface area contributed by atoms with Crippen molar-refractivity contribution in [2.45, 2.75) is 45.2 Å². The molecule has 1 saturated carbocycles. The van der Waals surface area contributed by atoms with Crippen LogP contribution in [0, 0.1) is 5.92 Å². The zero-order chi connectivity index (χ0) is 24.1. The summed E-state index contributed by atoms with van der Waals surface area (Å²) in [5.41, 5.74) is 3.00. The molecule has 34 heavy (non-hydrogen) atoms. The molecule has 1 aromatic heterocycles. The number of rotatable bonds is 10. The molecular formula is C29H35N3O2. The Morgan fingerprint density at radius 2 is 1.50 bits per heavy atom. The highest BCUT2D eigenvalue weighted by atomic mass is 16.2. The first-order chi connectivity index (χ1) is 16.4. The van der Waals surface area contributed by atoms with Crippen molar-refractivity contribution >= 4 is 11.8 Å². The highest BCUT2D eigenvalue weighted by Gasteiger charge is 2.38. The van der Waals surface area contributed by atoms with Gasteiger partial charge in [0, 0.05) is 31.5 Å². The van der Waals surface area contributed by atoms with Crippen molar-refractivity contribution in [2.24, 2.45) is 13.0 Å². The second-order valence-electron chi connectivity index (χ2n) is 9.73.